The average molecular weight is 350 g/mol. The summed E-state index contributed by atoms with van der Waals surface area (Å²) >= 11 is 0. The fraction of sp³-hybridized carbons (Fsp3) is 0.684. The number of aliphatic hydroxyl groups is 1. The quantitative estimate of drug-likeness (QED) is 0.659. The normalized spacial score (nSPS) is 23.2. The van der Waals surface area contributed by atoms with Crippen molar-refractivity contribution in [2.24, 2.45) is 0 Å². The maximum atomic E-state index is 9.40. The fourth-order valence-electron chi connectivity index (χ4n) is 3.29. The van der Waals surface area contributed by atoms with Gasteiger partial charge in [0.25, 0.3) is 0 Å². The minimum Gasteiger partial charge on any atom is -0.491 e. The Morgan fingerprint density at radius 2 is 2.04 bits per heavy atom. The summed E-state index contributed by atoms with van der Waals surface area (Å²) in [7, 11) is 1.97. The summed E-state index contributed by atoms with van der Waals surface area (Å²) in [6.45, 7) is 4.32. The third-order valence-corrected chi connectivity index (χ3v) is 4.80. The molecule has 6 nitrogen and oxygen atoms in total. The van der Waals surface area contributed by atoms with E-state index >= 15 is 0 Å². The van der Waals surface area contributed by atoms with Gasteiger partial charge in [-0.15, -0.1) is 0 Å². The lowest BCUT2D eigenvalue weighted by molar-refractivity contribution is -0.165. The van der Waals surface area contributed by atoms with Crippen molar-refractivity contribution in [2.45, 2.75) is 37.7 Å². The number of hydrogen-bond donors (Lipinski definition) is 2. The topological polar surface area (TPSA) is 63.2 Å². The molecule has 2 aliphatic heterocycles. The number of rotatable bonds is 9. The molecule has 0 radical (unpaired) electrons. The zero-order valence-corrected chi connectivity index (χ0v) is 15.0. The monoisotopic (exact) mass is 350 g/mol. The maximum Gasteiger partial charge on any atom is 0.157 e. The van der Waals surface area contributed by atoms with Crippen LogP contribution in [0.3, 0.4) is 0 Å². The highest BCUT2D eigenvalue weighted by atomic mass is 16.7. The predicted octanol–water partition coefficient (Wildman–Crippen LogP) is 1.55. The molecule has 0 aliphatic carbocycles. The number of β-amino-alcohol motifs (C(OH)–C–C–N with tert-alkyl or cyclic N) is 1. The van der Waals surface area contributed by atoms with E-state index in [9.17, 15) is 5.11 Å². The fourth-order valence-corrected chi connectivity index (χ4v) is 3.29. The molecule has 140 valence electrons. The Balaban J connectivity index is 1.38. The second-order valence-corrected chi connectivity index (χ2v) is 6.80. The average Bonchev–Trinajstić information content (AvgIpc) is 2.63. The Bertz CT molecular complexity index is 499. The molecule has 2 aliphatic rings. The summed E-state index contributed by atoms with van der Waals surface area (Å²) in [6, 6.07) is 8.45. The van der Waals surface area contributed by atoms with Gasteiger partial charge in [0.15, 0.2) is 6.29 Å². The summed E-state index contributed by atoms with van der Waals surface area (Å²) in [5.41, 5.74) is 1.23. The van der Waals surface area contributed by atoms with E-state index in [0.717, 1.165) is 44.8 Å². The van der Waals surface area contributed by atoms with Crippen molar-refractivity contribution in [1.29, 1.82) is 0 Å². The van der Waals surface area contributed by atoms with Crippen LogP contribution in [0.5, 0.6) is 5.75 Å². The molecule has 2 atom stereocenters. The Kier molecular flexibility index (Phi) is 7.07. The standard InChI is InChI=1S/C19H30N2O4/c1-20-18(14-21-12-16(22)13-21)15-5-7-17(8-6-15)23-10-11-25-19-4-2-3-9-24-19/h5-8,16,18-20,22H,2-4,9-14H2,1H3/t18-,19?/m1/s1. The van der Waals surface area contributed by atoms with Gasteiger partial charge in [0.2, 0.25) is 0 Å². The Labute approximate surface area is 150 Å². The van der Waals surface area contributed by atoms with Gasteiger partial charge >= 0.3 is 0 Å². The molecule has 2 fully saturated rings. The number of likely N-dealkylation sites (N-methyl/N-ethyl adjacent to an activating group) is 1. The molecular weight excluding hydrogens is 320 g/mol. The van der Waals surface area contributed by atoms with Gasteiger partial charge in [-0.05, 0) is 44.0 Å². The summed E-state index contributed by atoms with van der Waals surface area (Å²) in [4.78, 5) is 2.25. The maximum absolute atomic E-state index is 9.40. The van der Waals surface area contributed by atoms with Crippen molar-refractivity contribution in [1.82, 2.24) is 10.2 Å². The van der Waals surface area contributed by atoms with Gasteiger partial charge in [0, 0.05) is 32.3 Å². The molecule has 1 aromatic rings. The summed E-state index contributed by atoms with van der Waals surface area (Å²) in [6.07, 6.45) is 3.07. The molecule has 2 saturated heterocycles. The Morgan fingerprint density at radius 1 is 1.24 bits per heavy atom. The molecule has 0 spiro atoms. The zero-order valence-electron chi connectivity index (χ0n) is 15.0. The van der Waals surface area contributed by atoms with Crippen molar-refractivity contribution in [3.63, 3.8) is 0 Å². The number of hydrogen-bond acceptors (Lipinski definition) is 6. The van der Waals surface area contributed by atoms with Crippen LogP contribution < -0.4 is 10.1 Å². The van der Waals surface area contributed by atoms with Gasteiger partial charge in [-0.2, -0.15) is 0 Å². The first-order valence-corrected chi connectivity index (χ1v) is 9.28. The van der Waals surface area contributed by atoms with Crippen LogP contribution in [-0.4, -0.2) is 68.9 Å². The van der Waals surface area contributed by atoms with Gasteiger partial charge < -0.3 is 24.6 Å². The van der Waals surface area contributed by atoms with Gasteiger partial charge in [-0.1, -0.05) is 12.1 Å². The molecule has 0 saturated carbocycles. The van der Waals surface area contributed by atoms with E-state index in [2.05, 4.69) is 22.3 Å². The zero-order chi connectivity index (χ0) is 17.5. The molecule has 1 aromatic carbocycles. The highest BCUT2D eigenvalue weighted by molar-refractivity contribution is 5.29. The molecule has 0 aromatic heterocycles. The Morgan fingerprint density at radius 3 is 2.68 bits per heavy atom. The van der Waals surface area contributed by atoms with Crippen LogP contribution in [0.1, 0.15) is 30.9 Å². The minimum absolute atomic E-state index is 0.0591. The number of benzene rings is 1. The second-order valence-electron chi connectivity index (χ2n) is 6.80. The lowest BCUT2D eigenvalue weighted by Crippen LogP contribution is -2.52. The second kappa shape index (κ2) is 9.50. The van der Waals surface area contributed by atoms with Crippen molar-refractivity contribution in [2.75, 3.05) is 46.5 Å². The molecule has 0 amide bonds. The van der Waals surface area contributed by atoms with Crippen LogP contribution in [0.25, 0.3) is 0 Å². The van der Waals surface area contributed by atoms with Crippen LogP contribution >= 0.6 is 0 Å². The van der Waals surface area contributed by atoms with Gasteiger partial charge in [0.05, 0.1) is 12.7 Å². The highest BCUT2D eigenvalue weighted by Gasteiger charge is 2.26. The lowest BCUT2D eigenvalue weighted by Gasteiger charge is -2.38. The number of nitrogens with one attached hydrogen (secondary N) is 1. The number of aliphatic hydroxyl groups excluding tert-OH is 1. The minimum atomic E-state index is -0.158. The van der Waals surface area contributed by atoms with Crippen molar-refractivity contribution < 1.29 is 19.3 Å². The summed E-state index contributed by atoms with van der Waals surface area (Å²) < 4.78 is 17.0. The summed E-state index contributed by atoms with van der Waals surface area (Å²) in [5, 5.41) is 12.7. The molecule has 2 heterocycles. The van der Waals surface area contributed by atoms with E-state index in [1.807, 2.05) is 19.2 Å². The van der Waals surface area contributed by atoms with E-state index in [1.165, 1.54) is 12.0 Å². The van der Waals surface area contributed by atoms with Crippen LogP contribution in [0.15, 0.2) is 24.3 Å². The van der Waals surface area contributed by atoms with Crippen LogP contribution in [0, 0.1) is 0 Å². The van der Waals surface area contributed by atoms with E-state index in [-0.39, 0.29) is 18.4 Å². The number of nitrogens with zero attached hydrogens (tertiary/aromatic N) is 1. The van der Waals surface area contributed by atoms with E-state index in [4.69, 9.17) is 14.2 Å². The van der Waals surface area contributed by atoms with E-state index in [0.29, 0.717) is 13.2 Å². The molecule has 1 unspecified atom stereocenters. The van der Waals surface area contributed by atoms with Crippen LogP contribution in [0.4, 0.5) is 0 Å². The predicted molar refractivity (Wildman–Crippen MR) is 95.7 cm³/mol. The molecule has 25 heavy (non-hydrogen) atoms. The van der Waals surface area contributed by atoms with Crippen molar-refractivity contribution in [3.8, 4) is 5.75 Å². The van der Waals surface area contributed by atoms with Gasteiger partial charge in [-0.25, -0.2) is 0 Å². The van der Waals surface area contributed by atoms with Crippen LogP contribution in [-0.2, 0) is 9.47 Å². The van der Waals surface area contributed by atoms with E-state index < -0.39 is 0 Å². The van der Waals surface area contributed by atoms with Crippen LogP contribution in [0.2, 0.25) is 0 Å². The van der Waals surface area contributed by atoms with Gasteiger partial charge in [-0.3, -0.25) is 4.90 Å². The third kappa shape index (κ3) is 5.66. The molecular formula is C19H30N2O4. The third-order valence-electron chi connectivity index (χ3n) is 4.80. The number of likely N-dealkylation sites (tertiary alicyclic amines) is 1. The molecule has 6 heteroatoms. The first-order chi connectivity index (χ1) is 12.2. The largest absolute Gasteiger partial charge is 0.491 e. The molecule has 3 rings (SSSR count). The van der Waals surface area contributed by atoms with E-state index in [1.54, 1.807) is 0 Å². The van der Waals surface area contributed by atoms with Crippen molar-refractivity contribution >= 4 is 0 Å². The van der Waals surface area contributed by atoms with Crippen molar-refractivity contribution in [3.05, 3.63) is 29.8 Å². The highest BCUT2D eigenvalue weighted by Crippen LogP contribution is 2.21. The smallest absolute Gasteiger partial charge is 0.157 e. The SMILES string of the molecule is CN[C@H](CN1CC(O)C1)c1ccc(OCCOC2CCCCO2)cc1. The van der Waals surface area contributed by atoms with Gasteiger partial charge in [0.1, 0.15) is 12.4 Å². The first-order valence-electron chi connectivity index (χ1n) is 9.28. The lowest BCUT2D eigenvalue weighted by atomic mass is 10.0. The Hall–Kier alpha value is -1.18. The molecule has 2 N–H and O–H groups in total. The first kappa shape index (κ1) is 18.6. The number of ether oxygens (including phenoxy) is 3. The molecule has 0 bridgehead atoms. The summed E-state index contributed by atoms with van der Waals surface area (Å²) in [5.74, 6) is 0.853.